The highest BCUT2D eigenvalue weighted by atomic mass is 35.5. The van der Waals surface area contributed by atoms with Crippen molar-refractivity contribution in [1.29, 1.82) is 0 Å². The number of benzene rings is 1. The van der Waals surface area contributed by atoms with Gasteiger partial charge in [0, 0.05) is 35.8 Å². The molecule has 0 radical (unpaired) electrons. The van der Waals surface area contributed by atoms with Crippen molar-refractivity contribution in [1.82, 2.24) is 5.32 Å². The maximum Gasteiger partial charge on any atom is 0.197 e. The summed E-state index contributed by atoms with van der Waals surface area (Å²) in [6.45, 7) is 3.04. The fourth-order valence-electron chi connectivity index (χ4n) is 1.67. The number of aliphatic hydroxyl groups is 1. The van der Waals surface area contributed by atoms with Crippen LogP contribution in [0.2, 0.25) is 5.02 Å². The second kappa shape index (κ2) is 8.82. The molecule has 1 aromatic rings. The van der Waals surface area contributed by atoms with Crippen molar-refractivity contribution in [2.75, 3.05) is 18.5 Å². The second-order valence-corrected chi connectivity index (χ2v) is 6.12. The molecule has 0 bridgehead atoms. The lowest BCUT2D eigenvalue weighted by Crippen LogP contribution is -2.19. The van der Waals surface area contributed by atoms with Gasteiger partial charge in [-0.3, -0.25) is 0 Å². The average molecular weight is 339 g/mol. The molecule has 1 aliphatic rings. The van der Waals surface area contributed by atoms with Crippen molar-refractivity contribution >= 4 is 39.4 Å². The predicted molar refractivity (Wildman–Crippen MR) is 95.6 cm³/mol. The van der Waals surface area contributed by atoms with Gasteiger partial charge in [-0.1, -0.05) is 11.6 Å². The summed E-state index contributed by atoms with van der Waals surface area (Å²) in [6.07, 6.45) is 3.53. The topological polar surface area (TPSA) is 69.0 Å². The number of aliphatic hydroxyl groups excluding tert-OH is 1. The van der Waals surface area contributed by atoms with Crippen molar-refractivity contribution < 1.29 is 5.11 Å². The Kier molecular flexibility index (Phi) is 6.76. The molecule has 2 rings (SSSR count). The molecule has 22 heavy (non-hydrogen) atoms. The standard InChI is InChI=1S/C15H19ClN4OS/c1-11(17-8-2-3-9-21)10-18-14-20-15(22-14)19-13-6-4-12(16)5-7-13/h4-7,10,17,21H,2-3,8-9H2,1H3,(H,18,19,20)/b11-10-. The van der Waals surface area contributed by atoms with Crippen LogP contribution in [-0.4, -0.2) is 28.6 Å². The molecule has 0 amide bonds. The van der Waals surface area contributed by atoms with Gasteiger partial charge >= 0.3 is 0 Å². The molecule has 1 aliphatic heterocycles. The number of aliphatic imine (C=N–C) groups is 2. The lowest BCUT2D eigenvalue weighted by Gasteiger charge is -2.15. The zero-order valence-electron chi connectivity index (χ0n) is 12.3. The van der Waals surface area contributed by atoms with Crippen LogP contribution in [0.4, 0.5) is 5.69 Å². The van der Waals surface area contributed by atoms with Gasteiger partial charge in [-0.05, 0) is 55.8 Å². The lowest BCUT2D eigenvalue weighted by atomic mass is 10.3. The summed E-state index contributed by atoms with van der Waals surface area (Å²) >= 11 is 7.33. The van der Waals surface area contributed by atoms with E-state index in [0.29, 0.717) is 5.02 Å². The number of hydrogen-bond donors (Lipinski definition) is 3. The first-order chi connectivity index (χ1) is 10.7. The van der Waals surface area contributed by atoms with Crippen LogP contribution in [0.3, 0.4) is 0 Å². The zero-order valence-corrected chi connectivity index (χ0v) is 13.9. The molecule has 3 N–H and O–H groups in total. The Hall–Kier alpha value is -1.50. The summed E-state index contributed by atoms with van der Waals surface area (Å²) in [6, 6.07) is 7.47. The van der Waals surface area contributed by atoms with E-state index in [1.807, 2.05) is 31.2 Å². The summed E-state index contributed by atoms with van der Waals surface area (Å²) in [4.78, 5) is 8.59. The van der Waals surface area contributed by atoms with E-state index < -0.39 is 0 Å². The van der Waals surface area contributed by atoms with E-state index in [2.05, 4.69) is 20.6 Å². The number of amidine groups is 2. The molecule has 0 aromatic heterocycles. The van der Waals surface area contributed by atoms with Crippen LogP contribution in [0.15, 0.2) is 46.1 Å². The van der Waals surface area contributed by atoms with E-state index in [1.165, 1.54) is 11.8 Å². The highest BCUT2D eigenvalue weighted by Crippen LogP contribution is 2.23. The minimum Gasteiger partial charge on any atom is -0.396 e. The van der Waals surface area contributed by atoms with Crippen LogP contribution >= 0.6 is 23.4 Å². The Labute approximate surface area is 139 Å². The van der Waals surface area contributed by atoms with E-state index in [9.17, 15) is 0 Å². The number of allylic oxidation sites excluding steroid dienone is 1. The fraction of sp³-hybridized carbons (Fsp3) is 0.333. The van der Waals surface area contributed by atoms with E-state index in [4.69, 9.17) is 16.7 Å². The van der Waals surface area contributed by atoms with Gasteiger partial charge in [-0.15, -0.1) is 0 Å². The largest absolute Gasteiger partial charge is 0.396 e. The Morgan fingerprint density at radius 2 is 2.09 bits per heavy atom. The zero-order chi connectivity index (χ0) is 15.8. The van der Waals surface area contributed by atoms with E-state index >= 15 is 0 Å². The number of halogens is 1. The summed E-state index contributed by atoms with van der Waals surface area (Å²) in [7, 11) is 0. The first-order valence-corrected chi connectivity index (χ1v) is 8.25. The molecule has 0 saturated heterocycles. The molecule has 0 aliphatic carbocycles. The first kappa shape index (κ1) is 16.9. The second-order valence-electron chi connectivity index (χ2n) is 4.73. The molecule has 1 aromatic carbocycles. The number of unbranched alkanes of at least 4 members (excludes halogenated alkanes) is 1. The number of rotatable bonds is 7. The number of anilines is 1. The van der Waals surface area contributed by atoms with Gasteiger partial charge in [0.2, 0.25) is 0 Å². The fourth-order valence-corrected chi connectivity index (χ4v) is 2.38. The molecule has 0 fully saturated rings. The maximum atomic E-state index is 8.70. The first-order valence-electron chi connectivity index (χ1n) is 7.06. The molecular weight excluding hydrogens is 320 g/mol. The number of nitrogens with zero attached hydrogens (tertiary/aromatic N) is 2. The minimum absolute atomic E-state index is 0.238. The van der Waals surface area contributed by atoms with Gasteiger partial charge in [0.25, 0.3) is 0 Å². The van der Waals surface area contributed by atoms with Gasteiger partial charge in [-0.25, -0.2) is 4.99 Å². The van der Waals surface area contributed by atoms with Gasteiger partial charge in [0.1, 0.15) is 0 Å². The normalized spacial score (nSPS) is 16.2. The SMILES string of the molecule is C/C(=C/N=C1N=C(Nc2ccc(Cl)cc2)S1)NCCCCO. The summed E-state index contributed by atoms with van der Waals surface area (Å²) in [5, 5.41) is 17.4. The molecule has 1 heterocycles. The monoisotopic (exact) mass is 338 g/mol. The van der Waals surface area contributed by atoms with Gasteiger partial charge in [0.15, 0.2) is 10.3 Å². The van der Waals surface area contributed by atoms with E-state index in [0.717, 1.165) is 41.1 Å². The smallest absolute Gasteiger partial charge is 0.197 e. The van der Waals surface area contributed by atoms with Gasteiger partial charge in [0.05, 0.1) is 0 Å². The Morgan fingerprint density at radius 1 is 1.36 bits per heavy atom. The Balaban J connectivity index is 1.76. The summed E-state index contributed by atoms with van der Waals surface area (Å²) in [5.41, 5.74) is 1.94. The van der Waals surface area contributed by atoms with Crippen LogP contribution in [-0.2, 0) is 0 Å². The third-order valence-corrected chi connectivity index (χ3v) is 3.86. The molecule has 0 spiro atoms. The van der Waals surface area contributed by atoms with Gasteiger partial charge < -0.3 is 15.7 Å². The van der Waals surface area contributed by atoms with Crippen molar-refractivity contribution in [3.05, 3.63) is 41.2 Å². The van der Waals surface area contributed by atoms with Crippen LogP contribution in [0.25, 0.3) is 0 Å². The third kappa shape index (κ3) is 5.71. The molecule has 118 valence electrons. The molecule has 7 heteroatoms. The highest BCUT2D eigenvalue weighted by Gasteiger charge is 2.16. The van der Waals surface area contributed by atoms with E-state index in [-0.39, 0.29) is 6.61 Å². The maximum absolute atomic E-state index is 8.70. The molecular formula is C15H19ClN4OS. The van der Waals surface area contributed by atoms with Crippen molar-refractivity contribution in [3.8, 4) is 0 Å². The lowest BCUT2D eigenvalue weighted by molar-refractivity contribution is 0.284. The molecule has 0 unspecified atom stereocenters. The van der Waals surface area contributed by atoms with E-state index in [1.54, 1.807) is 6.20 Å². The Bertz CT molecular complexity index is 584. The minimum atomic E-state index is 0.238. The average Bonchev–Trinajstić information content (AvgIpc) is 2.48. The van der Waals surface area contributed by atoms with Crippen molar-refractivity contribution in [2.24, 2.45) is 9.98 Å². The van der Waals surface area contributed by atoms with Crippen molar-refractivity contribution in [2.45, 2.75) is 19.8 Å². The number of thioether (sulfide) groups is 1. The summed E-state index contributed by atoms with van der Waals surface area (Å²) < 4.78 is 0. The van der Waals surface area contributed by atoms with Crippen LogP contribution in [0.1, 0.15) is 19.8 Å². The molecule has 5 nitrogen and oxygen atoms in total. The van der Waals surface area contributed by atoms with Crippen molar-refractivity contribution in [3.63, 3.8) is 0 Å². The highest BCUT2D eigenvalue weighted by molar-refractivity contribution is 8.29. The van der Waals surface area contributed by atoms with Crippen LogP contribution in [0.5, 0.6) is 0 Å². The Morgan fingerprint density at radius 3 is 2.77 bits per heavy atom. The molecule has 0 atom stereocenters. The third-order valence-electron chi connectivity index (χ3n) is 2.84. The molecule has 0 saturated carbocycles. The number of hydrogen-bond acceptors (Lipinski definition) is 5. The van der Waals surface area contributed by atoms with Gasteiger partial charge in [-0.2, -0.15) is 4.99 Å². The van der Waals surface area contributed by atoms with Crippen LogP contribution in [0, 0.1) is 0 Å². The quantitative estimate of drug-likeness (QED) is 0.666. The predicted octanol–water partition coefficient (Wildman–Crippen LogP) is 3.43. The summed E-state index contributed by atoms with van der Waals surface area (Å²) in [5.74, 6) is 0. The number of nitrogens with one attached hydrogen (secondary N) is 2. The van der Waals surface area contributed by atoms with Crippen LogP contribution < -0.4 is 10.6 Å².